The Morgan fingerprint density at radius 3 is 2.90 bits per heavy atom. The van der Waals surface area contributed by atoms with Gasteiger partial charge in [-0.05, 0) is 43.7 Å². The van der Waals surface area contributed by atoms with E-state index in [1.807, 2.05) is 24.3 Å². The van der Waals surface area contributed by atoms with Crippen molar-refractivity contribution in [2.45, 2.75) is 25.4 Å². The molecule has 0 radical (unpaired) electrons. The van der Waals surface area contributed by atoms with Gasteiger partial charge in [-0.25, -0.2) is 0 Å². The fourth-order valence-electron chi connectivity index (χ4n) is 2.66. The number of methoxy groups -OCH3 is 1. The van der Waals surface area contributed by atoms with Gasteiger partial charge in [-0.15, -0.1) is 0 Å². The number of rotatable bonds is 5. The average molecular weight is 289 g/mol. The van der Waals surface area contributed by atoms with E-state index in [2.05, 4.69) is 15.0 Å². The van der Waals surface area contributed by atoms with E-state index < -0.39 is 0 Å². The van der Waals surface area contributed by atoms with Gasteiger partial charge in [0, 0.05) is 11.6 Å². The average Bonchev–Trinajstić information content (AvgIpc) is 3.17. The number of nitrogens with zero attached hydrogens (tertiary/aromatic N) is 3. The van der Waals surface area contributed by atoms with Crippen LogP contribution in [0.4, 0.5) is 0 Å². The molecule has 1 aliphatic rings. The SMILES string of the molecule is COc1ccc(-c2nc(CN3CCCC3CO)no2)cc1. The summed E-state index contributed by atoms with van der Waals surface area (Å²) in [4.78, 5) is 6.62. The van der Waals surface area contributed by atoms with Gasteiger partial charge in [0.05, 0.1) is 20.3 Å². The molecule has 3 rings (SSSR count). The molecule has 6 heteroatoms. The first-order valence-corrected chi connectivity index (χ1v) is 7.12. The Morgan fingerprint density at radius 2 is 2.19 bits per heavy atom. The highest BCUT2D eigenvalue weighted by Crippen LogP contribution is 2.22. The molecule has 6 nitrogen and oxygen atoms in total. The standard InChI is InChI=1S/C15H19N3O3/c1-20-13-6-4-11(5-7-13)15-16-14(17-21-15)9-18-8-2-3-12(18)10-19/h4-7,12,19H,2-3,8-10H2,1H3. The number of ether oxygens (including phenoxy) is 1. The van der Waals surface area contributed by atoms with Gasteiger partial charge in [-0.2, -0.15) is 4.98 Å². The van der Waals surface area contributed by atoms with E-state index in [9.17, 15) is 5.11 Å². The van der Waals surface area contributed by atoms with E-state index in [4.69, 9.17) is 9.26 Å². The van der Waals surface area contributed by atoms with Gasteiger partial charge < -0.3 is 14.4 Å². The van der Waals surface area contributed by atoms with Crippen LogP contribution in [0.2, 0.25) is 0 Å². The Bertz CT molecular complexity index is 582. The van der Waals surface area contributed by atoms with E-state index in [0.29, 0.717) is 18.3 Å². The summed E-state index contributed by atoms with van der Waals surface area (Å²) in [6, 6.07) is 7.72. The van der Waals surface area contributed by atoms with Crippen molar-refractivity contribution in [2.75, 3.05) is 20.3 Å². The first-order valence-electron chi connectivity index (χ1n) is 7.12. The van der Waals surface area contributed by atoms with Crippen LogP contribution in [0.25, 0.3) is 11.5 Å². The van der Waals surface area contributed by atoms with Crippen LogP contribution in [0.15, 0.2) is 28.8 Å². The topological polar surface area (TPSA) is 71.6 Å². The molecule has 112 valence electrons. The van der Waals surface area contributed by atoms with Crippen molar-refractivity contribution < 1.29 is 14.4 Å². The number of hydrogen-bond acceptors (Lipinski definition) is 6. The summed E-state index contributed by atoms with van der Waals surface area (Å²) in [5.41, 5.74) is 0.870. The molecule has 0 amide bonds. The third-order valence-corrected chi connectivity index (χ3v) is 3.86. The van der Waals surface area contributed by atoms with Crippen LogP contribution in [0, 0.1) is 0 Å². The molecule has 1 aromatic carbocycles. The van der Waals surface area contributed by atoms with E-state index in [1.165, 1.54) is 0 Å². The summed E-state index contributed by atoms with van der Waals surface area (Å²) in [7, 11) is 1.63. The molecule has 0 saturated carbocycles. The molecule has 1 fully saturated rings. The van der Waals surface area contributed by atoms with Gasteiger partial charge in [-0.3, -0.25) is 4.90 Å². The van der Waals surface area contributed by atoms with Crippen LogP contribution >= 0.6 is 0 Å². The van der Waals surface area contributed by atoms with Crippen molar-refractivity contribution >= 4 is 0 Å². The number of hydrogen-bond donors (Lipinski definition) is 1. The molecule has 21 heavy (non-hydrogen) atoms. The van der Waals surface area contributed by atoms with Crippen LogP contribution in [0.3, 0.4) is 0 Å². The Kier molecular flexibility index (Phi) is 4.17. The summed E-state index contributed by atoms with van der Waals surface area (Å²) in [5.74, 6) is 1.95. The normalized spacial score (nSPS) is 19.0. The monoisotopic (exact) mass is 289 g/mol. The highest BCUT2D eigenvalue weighted by Gasteiger charge is 2.25. The molecule has 2 heterocycles. The summed E-state index contributed by atoms with van der Waals surface area (Å²) < 4.78 is 10.4. The molecule has 1 aliphatic heterocycles. The lowest BCUT2D eigenvalue weighted by atomic mass is 10.2. The van der Waals surface area contributed by atoms with Crippen LogP contribution in [0.1, 0.15) is 18.7 Å². The molecular formula is C15H19N3O3. The van der Waals surface area contributed by atoms with Crippen molar-refractivity contribution in [3.63, 3.8) is 0 Å². The van der Waals surface area contributed by atoms with Crippen LogP contribution < -0.4 is 4.74 Å². The molecule has 1 saturated heterocycles. The summed E-state index contributed by atoms with van der Waals surface area (Å²) in [6.07, 6.45) is 2.13. The second-order valence-corrected chi connectivity index (χ2v) is 5.19. The summed E-state index contributed by atoms with van der Waals surface area (Å²) in [5, 5.41) is 13.4. The molecule has 1 N–H and O–H groups in total. The Morgan fingerprint density at radius 1 is 1.38 bits per heavy atom. The van der Waals surface area contributed by atoms with E-state index in [0.717, 1.165) is 30.7 Å². The quantitative estimate of drug-likeness (QED) is 0.903. The van der Waals surface area contributed by atoms with Crippen molar-refractivity contribution in [2.24, 2.45) is 0 Å². The first kappa shape index (κ1) is 14.0. The molecule has 0 spiro atoms. The number of likely N-dealkylation sites (tertiary alicyclic amines) is 1. The van der Waals surface area contributed by atoms with Crippen LogP contribution in [0.5, 0.6) is 5.75 Å². The fourth-order valence-corrected chi connectivity index (χ4v) is 2.66. The minimum atomic E-state index is 0.184. The highest BCUT2D eigenvalue weighted by molar-refractivity contribution is 5.54. The third kappa shape index (κ3) is 3.06. The summed E-state index contributed by atoms with van der Waals surface area (Å²) in [6.45, 7) is 1.77. The molecule has 1 atom stereocenters. The van der Waals surface area contributed by atoms with Crippen LogP contribution in [-0.4, -0.2) is 46.5 Å². The first-order chi connectivity index (χ1) is 10.3. The molecule has 0 bridgehead atoms. The zero-order valence-corrected chi connectivity index (χ0v) is 12.0. The molecule has 1 aromatic heterocycles. The van der Waals surface area contributed by atoms with Gasteiger partial charge in [0.2, 0.25) is 0 Å². The Balaban J connectivity index is 1.70. The molecule has 0 aliphatic carbocycles. The van der Waals surface area contributed by atoms with Crippen LogP contribution in [-0.2, 0) is 6.54 Å². The predicted molar refractivity (Wildman–Crippen MR) is 76.8 cm³/mol. The molecular weight excluding hydrogens is 270 g/mol. The maximum Gasteiger partial charge on any atom is 0.257 e. The van der Waals surface area contributed by atoms with Gasteiger partial charge in [0.25, 0.3) is 5.89 Å². The lowest BCUT2D eigenvalue weighted by Gasteiger charge is -2.20. The van der Waals surface area contributed by atoms with Gasteiger partial charge in [-0.1, -0.05) is 5.16 Å². The minimum Gasteiger partial charge on any atom is -0.497 e. The predicted octanol–water partition coefficient (Wildman–Crippen LogP) is 1.70. The number of aromatic nitrogens is 2. The Hall–Kier alpha value is -1.92. The van der Waals surface area contributed by atoms with E-state index in [-0.39, 0.29) is 12.6 Å². The third-order valence-electron chi connectivity index (χ3n) is 3.86. The number of benzene rings is 1. The lowest BCUT2D eigenvalue weighted by molar-refractivity contribution is 0.150. The second kappa shape index (κ2) is 6.24. The summed E-state index contributed by atoms with van der Waals surface area (Å²) >= 11 is 0. The lowest BCUT2D eigenvalue weighted by Crippen LogP contribution is -2.31. The zero-order chi connectivity index (χ0) is 14.7. The second-order valence-electron chi connectivity index (χ2n) is 5.19. The van der Waals surface area contributed by atoms with Crippen molar-refractivity contribution in [1.29, 1.82) is 0 Å². The number of aliphatic hydroxyl groups excluding tert-OH is 1. The maximum absolute atomic E-state index is 9.33. The van der Waals surface area contributed by atoms with Crippen molar-refractivity contribution in [1.82, 2.24) is 15.0 Å². The fraction of sp³-hybridized carbons (Fsp3) is 0.467. The highest BCUT2D eigenvalue weighted by atomic mass is 16.5. The van der Waals surface area contributed by atoms with Crippen molar-refractivity contribution in [3.05, 3.63) is 30.1 Å². The number of aliphatic hydroxyl groups is 1. The smallest absolute Gasteiger partial charge is 0.257 e. The minimum absolute atomic E-state index is 0.184. The van der Waals surface area contributed by atoms with Crippen molar-refractivity contribution in [3.8, 4) is 17.2 Å². The maximum atomic E-state index is 9.33. The zero-order valence-electron chi connectivity index (χ0n) is 12.0. The van der Waals surface area contributed by atoms with Gasteiger partial charge >= 0.3 is 0 Å². The van der Waals surface area contributed by atoms with E-state index in [1.54, 1.807) is 7.11 Å². The molecule has 1 unspecified atom stereocenters. The molecule has 2 aromatic rings. The van der Waals surface area contributed by atoms with E-state index >= 15 is 0 Å². The largest absolute Gasteiger partial charge is 0.497 e. The van der Waals surface area contributed by atoms with Gasteiger partial charge in [0.1, 0.15) is 5.75 Å². The van der Waals surface area contributed by atoms with Gasteiger partial charge in [0.15, 0.2) is 5.82 Å². The Labute approximate surface area is 123 Å².